The van der Waals surface area contributed by atoms with E-state index in [1.807, 2.05) is 26.8 Å². The maximum atomic E-state index is 12.4. The summed E-state index contributed by atoms with van der Waals surface area (Å²) in [6.45, 7) is 5.67. The van der Waals surface area contributed by atoms with Crippen molar-refractivity contribution in [3.63, 3.8) is 0 Å². The average molecular weight is 274 g/mol. The van der Waals surface area contributed by atoms with Crippen molar-refractivity contribution >= 4 is 11.8 Å². The fourth-order valence-electron chi connectivity index (χ4n) is 2.49. The molecule has 4 nitrogen and oxygen atoms in total. The zero-order valence-corrected chi connectivity index (χ0v) is 12.5. The molecule has 1 heterocycles. The van der Waals surface area contributed by atoms with Gasteiger partial charge in [-0.15, -0.1) is 0 Å². The molecule has 0 bridgehead atoms. The molecular formula is C16H22N2O2. The highest BCUT2D eigenvalue weighted by molar-refractivity contribution is 5.95. The number of aryl methyl sites for hydroxylation is 2. The molecule has 3 rings (SSSR count). The van der Waals surface area contributed by atoms with Crippen LogP contribution in [0.4, 0.5) is 5.82 Å². The van der Waals surface area contributed by atoms with Gasteiger partial charge in [-0.05, 0) is 64.5 Å². The number of fused-ring (bicyclic) bond motifs is 1. The number of aromatic nitrogens is 1. The molecule has 0 radical (unpaired) electrons. The van der Waals surface area contributed by atoms with Gasteiger partial charge in [-0.2, -0.15) is 0 Å². The van der Waals surface area contributed by atoms with Crippen LogP contribution in [0.15, 0.2) is 6.07 Å². The summed E-state index contributed by atoms with van der Waals surface area (Å²) in [5.74, 6) is 0.435. The highest BCUT2D eigenvalue weighted by Gasteiger charge is 2.28. The van der Waals surface area contributed by atoms with Crippen molar-refractivity contribution in [2.75, 3.05) is 5.32 Å². The summed E-state index contributed by atoms with van der Waals surface area (Å²) in [5, 5.41) is 3.37. The van der Waals surface area contributed by atoms with Gasteiger partial charge in [0.15, 0.2) is 0 Å². The first-order valence-electron chi connectivity index (χ1n) is 7.45. The van der Waals surface area contributed by atoms with Crippen LogP contribution in [0.25, 0.3) is 0 Å². The number of nitrogens with one attached hydrogen (secondary N) is 1. The lowest BCUT2D eigenvalue weighted by atomic mass is 10.1. The molecule has 1 N–H and O–H groups in total. The second-order valence-electron chi connectivity index (χ2n) is 6.76. The zero-order chi connectivity index (χ0) is 14.3. The van der Waals surface area contributed by atoms with Crippen LogP contribution in [0.5, 0.6) is 0 Å². The molecule has 0 spiro atoms. The predicted molar refractivity (Wildman–Crippen MR) is 78.1 cm³/mol. The van der Waals surface area contributed by atoms with E-state index in [4.69, 9.17) is 4.74 Å². The van der Waals surface area contributed by atoms with Gasteiger partial charge in [0.05, 0.1) is 0 Å². The molecule has 1 saturated carbocycles. The van der Waals surface area contributed by atoms with Crippen LogP contribution in [0.2, 0.25) is 0 Å². The fraction of sp³-hybridized carbons (Fsp3) is 0.625. The van der Waals surface area contributed by atoms with E-state index in [9.17, 15) is 4.79 Å². The Balaban J connectivity index is 1.92. The molecule has 0 aromatic carbocycles. The van der Waals surface area contributed by atoms with Crippen LogP contribution < -0.4 is 5.32 Å². The van der Waals surface area contributed by atoms with Crippen molar-refractivity contribution in [1.29, 1.82) is 0 Å². The summed E-state index contributed by atoms with van der Waals surface area (Å²) in [6, 6.07) is 2.46. The number of carbonyl (C=O) groups excluding carboxylic acids is 1. The Hall–Kier alpha value is -1.58. The highest BCUT2D eigenvalue weighted by Crippen LogP contribution is 2.30. The Morgan fingerprint density at radius 2 is 2.10 bits per heavy atom. The number of carbonyl (C=O) groups is 1. The largest absolute Gasteiger partial charge is 0.456 e. The van der Waals surface area contributed by atoms with E-state index in [2.05, 4.69) is 10.3 Å². The Kier molecular flexibility index (Phi) is 3.19. The zero-order valence-electron chi connectivity index (χ0n) is 12.5. The number of hydrogen-bond donors (Lipinski definition) is 1. The summed E-state index contributed by atoms with van der Waals surface area (Å²) < 4.78 is 5.51. The normalized spacial score (nSPS) is 17.8. The quantitative estimate of drug-likeness (QED) is 0.860. The Labute approximate surface area is 119 Å². The van der Waals surface area contributed by atoms with Crippen LogP contribution in [0.1, 0.15) is 61.6 Å². The van der Waals surface area contributed by atoms with E-state index in [1.165, 1.54) is 5.56 Å². The SMILES string of the molecule is CC(C)(C)OC(=O)c1cc2c(nc1NC1CC1)CCC2. The molecule has 1 aromatic heterocycles. The number of rotatable bonds is 3. The Morgan fingerprint density at radius 3 is 2.75 bits per heavy atom. The molecule has 0 amide bonds. The number of hydrogen-bond acceptors (Lipinski definition) is 4. The fourth-order valence-corrected chi connectivity index (χ4v) is 2.49. The van der Waals surface area contributed by atoms with E-state index in [-0.39, 0.29) is 5.97 Å². The number of ether oxygens (including phenoxy) is 1. The van der Waals surface area contributed by atoms with Gasteiger partial charge < -0.3 is 10.1 Å². The van der Waals surface area contributed by atoms with Gasteiger partial charge >= 0.3 is 5.97 Å². The van der Waals surface area contributed by atoms with Crippen LogP contribution in [0, 0.1) is 0 Å². The third-order valence-corrected chi connectivity index (χ3v) is 3.59. The molecule has 0 saturated heterocycles. The minimum absolute atomic E-state index is 0.275. The molecule has 4 heteroatoms. The molecule has 2 aliphatic rings. The van der Waals surface area contributed by atoms with Crippen molar-refractivity contribution in [2.24, 2.45) is 0 Å². The summed E-state index contributed by atoms with van der Waals surface area (Å²) in [7, 11) is 0. The van der Waals surface area contributed by atoms with Crippen LogP contribution in [-0.4, -0.2) is 22.6 Å². The molecule has 108 valence electrons. The predicted octanol–water partition coefficient (Wildman–Crippen LogP) is 3.10. The van der Waals surface area contributed by atoms with Crippen molar-refractivity contribution in [3.8, 4) is 0 Å². The van der Waals surface area contributed by atoms with Crippen molar-refractivity contribution in [3.05, 3.63) is 22.9 Å². The molecule has 1 fully saturated rings. The molecule has 2 aliphatic carbocycles. The van der Waals surface area contributed by atoms with E-state index in [0.717, 1.165) is 37.8 Å². The first-order valence-corrected chi connectivity index (χ1v) is 7.45. The molecule has 1 aromatic rings. The van der Waals surface area contributed by atoms with Gasteiger partial charge in [0.1, 0.15) is 17.0 Å². The number of pyridine rings is 1. The lowest BCUT2D eigenvalue weighted by Crippen LogP contribution is -2.25. The molecular weight excluding hydrogens is 252 g/mol. The van der Waals surface area contributed by atoms with Gasteiger partial charge in [0.2, 0.25) is 0 Å². The van der Waals surface area contributed by atoms with Crippen LogP contribution in [0.3, 0.4) is 0 Å². The first kappa shape index (κ1) is 13.4. The minimum atomic E-state index is -0.479. The minimum Gasteiger partial charge on any atom is -0.456 e. The first-order chi connectivity index (χ1) is 9.42. The maximum absolute atomic E-state index is 12.4. The number of nitrogens with zero attached hydrogens (tertiary/aromatic N) is 1. The van der Waals surface area contributed by atoms with Crippen LogP contribution >= 0.6 is 0 Å². The second-order valence-corrected chi connectivity index (χ2v) is 6.76. The van der Waals surface area contributed by atoms with E-state index in [1.54, 1.807) is 0 Å². The third kappa shape index (κ3) is 2.94. The highest BCUT2D eigenvalue weighted by atomic mass is 16.6. The lowest BCUT2D eigenvalue weighted by Gasteiger charge is -2.21. The van der Waals surface area contributed by atoms with Gasteiger partial charge in [-0.1, -0.05) is 0 Å². The van der Waals surface area contributed by atoms with E-state index >= 15 is 0 Å². The second kappa shape index (κ2) is 4.76. The summed E-state index contributed by atoms with van der Waals surface area (Å²) in [4.78, 5) is 17.1. The van der Waals surface area contributed by atoms with Gasteiger partial charge in [-0.3, -0.25) is 0 Å². The number of esters is 1. The van der Waals surface area contributed by atoms with Crippen LogP contribution in [-0.2, 0) is 17.6 Å². The van der Waals surface area contributed by atoms with Gasteiger partial charge in [0, 0.05) is 11.7 Å². The molecule has 0 aliphatic heterocycles. The summed E-state index contributed by atoms with van der Waals surface area (Å²) in [6.07, 6.45) is 5.48. The van der Waals surface area contributed by atoms with E-state index in [0.29, 0.717) is 17.4 Å². The Morgan fingerprint density at radius 1 is 1.35 bits per heavy atom. The molecule has 0 unspecified atom stereocenters. The smallest absolute Gasteiger partial charge is 0.342 e. The summed E-state index contributed by atoms with van der Waals surface area (Å²) in [5.41, 5.74) is 2.45. The van der Waals surface area contributed by atoms with Crippen molar-refractivity contribution < 1.29 is 9.53 Å². The molecule has 0 atom stereocenters. The monoisotopic (exact) mass is 274 g/mol. The molecule has 20 heavy (non-hydrogen) atoms. The Bertz CT molecular complexity index is 542. The van der Waals surface area contributed by atoms with E-state index < -0.39 is 5.60 Å². The van der Waals surface area contributed by atoms with Crippen molar-refractivity contribution in [2.45, 2.75) is 64.5 Å². The lowest BCUT2D eigenvalue weighted by molar-refractivity contribution is 0.00702. The number of anilines is 1. The van der Waals surface area contributed by atoms with Gasteiger partial charge in [0.25, 0.3) is 0 Å². The third-order valence-electron chi connectivity index (χ3n) is 3.59. The van der Waals surface area contributed by atoms with Crippen molar-refractivity contribution in [1.82, 2.24) is 4.98 Å². The topological polar surface area (TPSA) is 51.2 Å². The van der Waals surface area contributed by atoms with Gasteiger partial charge in [-0.25, -0.2) is 9.78 Å². The maximum Gasteiger partial charge on any atom is 0.342 e. The summed E-state index contributed by atoms with van der Waals surface area (Å²) >= 11 is 0. The standard InChI is InChI=1S/C16H22N2O2/c1-16(2,3)20-15(19)12-9-10-5-4-6-13(10)18-14(12)17-11-7-8-11/h9,11H,4-8H2,1-3H3,(H,17,18). The average Bonchev–Trinajstić information content (AvgIpc) is 3.02.